The molecule has 1 aromatic carbocycles. The number of carbonyl (C=O) groups excluding carboxylic acids is 1. The van der Waals surface area contributed by atoms with E-state index in [2.05, 4.69) is 16.5 Å². The summed E-state index contributed by atoms with van der Waals surface area (Å²) in [7, 11) is 0. The summed E-state index contributed by atoms with van der Waals surface area (Å²) >= 11 is 0. The topological polar surface area (TPSA) is 61.7 Å². The zero-order valence-electron chi connectivity index (χ0n) is 12.8. The maximum absolute atomic E-state index is 12.3. The van der Waals surface area contributed by atoms with Crippen LogP contribution in [0.4, 0.5) is 0 Å². The van der Waals surface area contributed by atoms with Gasteiger partial charge in [0, 0.05) is 11.1 Å². The third kappa shape index (κ3) is 3.51. The molecule has 112 valence electrons. The molecule has 0 saturated heterocycles. The van der Waals surface area contributed by atoms with Crippen LogP contribution < -0.4 is 5.32 Å². The Morgan fingerprint density at radius 2 is 2.00 bits per heavy atom. The predicted molar refractivity (Wildman–Crippen MR) is 83.7 cm³/mol. The molecular weight excluding hydrogens is 264 g/mol. The van der Waals surface area contributed by atoms with Gasteiger partial charge < -0.3 is 10.5 Å². The van der Waals surface area contributed by atoms with E-state index in [0.717, 1.165) is 12.0 Å². The maximum Gasteiger partial charge on any atom is 0.251 e. The molecule has 0 unspecified atom stereocenters. The van der Waals surface area contributed by atoms with Crippen molar-refractivity contribution in [2.24, 2.45) is 11.1 Å². The van der Waals surface area contributed by atoms with Gasteiger partial charge in [-0.25, -0.2) is 0 Å². The van der Waals surface area contributed by atoms with Crippen molar-refractivity contribution in [3.63, 3.8) is 0 Å². The van der Waals surface area contributed by atoms with Gasteiger partial charge in [0.1, 0.15) is 0 Å². The van der Waals surface area contributed by atoms with E-state index < -0.39 is 0 Å². The van der Waals surface area contributed by atoms with Gasteiger partial charge in [0.2, 0.25) is 0 Å². The summed E-state index contributed by atoms with van der Waals surface area (Å²) in [5, 5.41) is 15.5. The van der Waals surface area contributed by atoms with E-state index in [-0.39, 0.29) is 17.4 Å². The van der Waals surface area contributed by atoms with E-state index in [0.29, 0.717) is 17.7 Å². The van der Waals surface area contributed by atoms with Crippen molar-refractivity contribution in [2.75, 3.05) is 0 Å². The number of hydrogen-bond acceptors (Lipinski definition) is 3. The molecule has 4 nitrogen and oxygen atoms in total. The maximum atomic E-state index is 12.3. The quantitative estimate of drug-likeness (QED) is 0.661. The zero-order valence-corrected chi connectivity index (χ0v) is 12.8. The summed E-state index contributed by atoms with van der Waals surface area (Å²) in [4.78, 5) is 12.3. The van der Waals surface area contributed by atoms with Crippen LogP contribution in [-0.4, -0.2) is 22.4 Å². The van der Waals surface area contributed by atoms with Gasteiger partial charge in [-0.05, 0) is 57.2 Å². The Balaban J connectivity index is 2.10. The van der Waals surface area contributed by atoms with Gasteiger partial charge in [0.05, 0.1) is 5.71 Å². The van der Waals surface area contributed by atoms with Crippen LogP contribution in [0.15, 0.2) is 47.1 Å². The molecule has 1 aliphatic rings. The number of amides is 1. The minimum atomic E-state index is -0.375. The smallest absolute Gasteiger partial charge is 0.251 e. The average molecular weight is 286 g/mol. The lowest BCUT2D eigenvalue weighted by Crippen LogP contribution is -2.50. The summed E-state index contributed by atoms with van der Waals surface area (Å²) in [5.41, 5.74) is 2.00. The molecule has 1 aliphatic carbocycles. The summed E-state index contributed by atoms with van der Waals surface area (Å²) in [5.74, 6) is 0.133. The fourth-order valence-electron chi connectivity index (χ4n) is 2.64. The third-order valence-electron chi connectivity index (χ3n) is 4.22. The summed E-state index contributed by atoms with van der Waals surface area (Å²) in [6, 6.07) is 9.20. The number of rotatable bonds is 3. The summed E-state index contributed by atoms with van der Waals surface area (Å²) < 4.78 is 0. The van der Waals surface area contributed by atoms with Crippen LogP contribution in [0.2, 0.25) is 0 Å². The van der Waals surface area contributed by atoms with Crippen molar-refractivity contribution in [3.05, 3.63) is 47.5 Å². The molecule has 1 aromatic rings. The van der Waals surface area contributed by atoms with Crippen LogP contribution in [-0.2, 0) is 0 Å². The number of benzene rings is 1. The molecule has 2 N–H and O–H groups in total. The minimum absolute atomic E-state index is 0.0747. The van der Waals surface area contributed by atoms with E-state index in [9.17, 15) is 4.79 Å². The van der Waals surface area contributed by atoms with Crippen molar-refractivity contribution >= 4 is 11.6 Å². The Morgan fingerprint density at radius 1 is 1.33 bits per heavy atom. The molecule has 0 fully saturated rings. The van der Waals surface area contributed by atoms with Crippen molar-refractivity contribution in [3.8, 4) is 0 Å². The Hall–Kier alpha value is -2.10. The fraction of sp³-hybridized carbons (Fsp3) is 0.412. The van der Waals surface area contributed by atoms with Gasteiger partial charge in [0.25, 0.3) is 5.91 Å². The normalized spacial score (nSPS) is 21.0. The first-order chi connectivity index (χ1) is 9.94. The lowest BCUT2D eigenvalue weighted by molar-refractivity contribution is 0.0881. The first-order valence-electron chi connectivity index (χ1n) is 7.19. The first-order valence-corrected chi connectivity index (χ1v) is 7.19. The molecule has 0 aromatic heterocycles. The Kier molecular flexibility index (Phi) is 4.46. The lowest BCUT2D eigenvalue weighted by atomic mass is 9.76. The van der Waals surface area contributed by atoms with Crippen molar-refractivity contribution in [2.45, 2.75) is 39.2 Å². The monoisotopic (exact) mass is 286 g/mol. The number of oxime groups is 1. The molecular formula is C17H22N2O2. The van der Waals surface area contributed by atoms with E-state index in [4.69, 9.17) is 5.21 Å². The number of carbonyl (C=O) groups is 1. The summed E-state index contributed by atoms with van der Waals surface area (Å²) in [6.07, 6.45) is 3.60. The largest absolute Gasteiger partial charge is 0.411 e. The van der Waals surface area contributed by atoms with E-state index in [1.165, 1.54) is 0 Å². The van der Waals surface area contributed by atoms with Gasteiger partial charge in [0.15, 0.2) is 0 Å². The van der Waals surface area contributed by atoms with Gasteiger partial charge >= 0.3 is 0 Å². The van der Waals surface area contributed by atoms with E-state index in [1.807, 2.05) is 39.0 Å². The molecule has 1 atom stereocenters. The van der Waals surface area contributed by atoms with Crippen LogP contribution in [0.3, 0.4) is 0 Å². The number of hydrogen-bond donors (Lipinski definition) is 2. The number of nitrogens with one attached hydrogen (secondary N) is 1. The average Bonchev–Trinajstić information content (AvgIpc) is 2.48. The predicted octanol–water partition coefficient (Wildman–Crippen LogP) is 3.38. The highest BCUT2D eigenvalue weighted by Crippen LogP contribution is 2.30. The van der Waals surface area contributed by atoms with Crippen LogP contribution in [0.25, 0.3) is 0 Å². The molecule has 0 spiro atoms. The van der Waals surface area contributed by atoms with Crippen LogP contribution in [0.1, 0.15) is 44.0 Å². The van der Waals surface area contributed by atoms with Crippen LogP contribution in [0, 0.1) is 5.92 Å². The fourth-order valence-corrected chi connectivity index (χ4v) is 2.64. The van der Waals surface area contributed by atoms with Gasteiger partial charge in [-0.3, -0.25) is 4.79 Å². The van der Waals surface area contributed by atoms with Crippen molar-refractivity contribution in [1.29, 1.82) is 0 Å². The zero-order chi connectivity index (χ0) is 15.5. The molecule has 0 radical (unpaired) electrons. The second-order valence-corrected chi connectivity index (χ2v) is 6.11. The molecule has 4 heteroatoms. The van der Waals surface area contributed by atoms with Crippen LogP contribution >= 0.6 is 0 Å². The van der Waals surface area contributed by atoms with Crippen molar-refractivity contribution < 1.29 is 10.0 Å². The standard InChI is InChI=1S/C17H22N2O2/c1-12-9-10-14(11-15(12)19-21)17(2,3)18-16(20)13-7-5-4-6-8-13/h4-9,14,21H,10-11H2,1-3H3,(H,18,20)/b19-15+/t14-/m1/s1. The van der Waals surface area contributed by atoms with Gasteiger partial charge in [-0.2, -0.15) is 0 Å². The molecule has 0 heterocycles. The summed E-state index contributed by atoms with van der Waals surface area (Å²) in [6.45, 7) is 5.98. The molecule has 1 amide bonds. The van der Waals surface area contributed by atoms with Crippen LogP contribution in [0.5, 0.6) is 0 Å². The SMILES string of the molecule is CC1=CC[C@@H](C(C)(C)NC(=O)c2ccccc2)C/C1=N\O. The molecule has 0 saturated carbocycles. The number of nitrogens with zero attached hydrogens (tertiary/aromatic N) is 1. The Labute approximate surface area is 125 Å². The molecule has 0 aliphatic heterocycles. The van der Waals surface area contributed by atoms with Gasteiger partial charge in [-0.15, -0.1) is 0 Å². The van der Waals surface area contributed by atoms with E-state index in [1.54, 1.807) is 12.1 Å². The van der Waals surface area contributed by atoms with Crippen molar-refractivity contribution in [1.82, 2.24) is 5.32 Å². The van der Waals surface area contributed by atoms with E-state index >= 15 is 0 Å². The lowest BCUT2D eigenvalue weighted by Gasteiger charge is -2.37. The first kappa shape index (κ1) is 15.3. The minimum Gasteiger partial charge on any atom is -0.411 e. The molecule has 2 rings (SSSR count). The highest BCUT2D eigenvalue weighted by molar-refractivity contribution is 6.00. The second-order valence-electron chi connectivity index (χ2n) is 6.11. The Morgan fingerprint density at radius 3 is 2.62 bits per heavy atom. The highest BCUT2D eigenvalue weighted by atomic mass is 16.4. The molecule has 21 heavy (non-hydrogen) atoms. The molecule has 0 bridgehead atoms. The second kappa shape index (κ2) is 6.12. The highest BCUT2D eigenvalue weighted by Gasteiger charge is 2.33. The number of allylic oxidation sites excluding steroid dienone is 2. The van der Waals surface area contributed by atoms with Gasteiger partial charge in [-0.1, -0.05) is 29.4 Å². The Bertz CT molecular complexity index is 574. The third-order valence-corrected chi connectivity index (χ3v) is 4.22.